The Hall–Kier alpha value is -3.49. The summed E-state index contributed by atoms with van der Waals surface area (Å²) in [6.07, 6.45) is 3.00. The fourth-order valence-electron chi connectivity index (χ4n) is 3.75. The molecule has 1 aromatic carbocycles. The Bertz CT molecular complexity index is 1240. The van der Waals surface area contributed by atoms with E-state index in [2.05, 4.69) is 4.98 Å². The van der Waals surface area contributed by atoms with Gasteiger partial charge in [0.25, 0.3) is 11.7 Å². The molecule has 170 valence electrons. The fourth-order valence-corrected chi connectivity index (χ4v) is 4.44. The molecule has 1 N–H and O–H groups in total. The Kier molecular flexibility index (Phi) is 6.31. The number of furan rings is 1. The molecule has 8 nitrogen and oxygen atoms in total. The highest BCUT2D eigenvalue weighted by atomic mass is 35.5. The lowest BCUT2D eigenvalue weighted by atomic mass is 9.97. The van der Waals surface area contributed by atoms with E-state index in [0.717, 1.165) is 0 Å². The number of halogens is 2. The van der Waals surface area contributed by atoms with Crippen molar-refractivity contribution in [1.29, 1.82) is 0 Å². The van der Waals surface area contributed by atoms with Gasteiger partial charge in [0.2, 0.25) is 0 Å². The van der Waals surface area contributed by atoms with Crippen molar-refractivity contribution in [3.63, 3.8) is 0 Å². The standard InChI is InChI=1S/C23H18Cl2N2O6/c1-31-21-13(10-14(24)22(32-2)17(21)25)19(28)16-18(15-7-3-4-8-26-15)27(23(30)20(16)29)11-12-6-5-9-33-12/h3-10,18,28H,11H2,1-2H3/b19-16+. The molecule has 10 heteroatoms. The maximum absolute atomic E-state index is 13.1. The lowest BCUT2D eigenvalue weighted by molar-refractivity contribution is -0.140. The zero-order chi connectivity index (χ0) is 23.7. The molecular weight excluding hydrogens is 471 g/mol. The first kappa shape index (κ1) is 22.7. The van der Waals surface area contributed by atoms with E-state index in [1.807, 2.05) is 0 Å². The number of methoxy groups -OCH3 is 2. The summed E-state index contributed by atoms with van der Waals surface area (Å²) < 4.78 is 15.9. The number of aliphatic hydroxyl groups is 1. The number of carbonyl (C=O) groups is 2. The molecule has 1 aliphatic heterocycles. The number of rotatable bonds is 6. The van der Waals surface area contributed by atoms with Crippen LogP contribution in [0.15, 0.2) is 58.8 Å². The first-order valence-electron chi connectivity index (χ1n) is 9.71. The summed E-state index contributed by atoms with van der Waals surface area (Å²) in [6.45, 7) is -0.00312. The van der Waals surface area contributed by atoms with Gasteiger partial charge in [-0.1, -0.05) is 29.3 Å². The van der Waals surface area contributed by atoms with Gasteiger partial charge < -0.3 is 23.9 Å². The minimum absolute atomic E-state index is 0.00312. The van der Waals surface area contributed by atoms with Crippen LogP contribution < -0.4 is 9.47 Å². The molecule has 3 aromatic rings. The zero-order valence-electron chi connectivity index (χ0n) is 17.5. The van der Waals surface area contributed by atoms with Crippen molar-refractivity contribution in [2.75, 3.05) is 14.2 Å². The van der Waals surface area contributed by atoms with Crippen LogP contribution in [0.3, 0.4) is 0 Å². The molecule has 1 fully saturated rings. The molecule has 1 amide bonds. The molecule has 1 unspecified atom stereocenters. The predicted molar refractivity (Wildman–Crippen MR) is 120 cm³/mol. The highest BCUT2D eigenvalue weighted by Gasteiger charge is 2.47. The lowest BCUT2D eigenvalue weighted by Crippen LogP contribution is -2.29. The quantitative estimate of drug-likeness (QED) is 0.306. The third-order valence-electron chi connectivity index (χ3n) is 5.21. The number of amides is 1. The van der Waals surface area contributed by atoms with Crippen molar-refractivity contribution in [2.24, 2.45) is 0 Å². The van der Waals surface area contributed by atoms with Crippen molar-refractivity contribution in [2.45, 2.75) is 12.6 Å². The van der Waals surface area contributed by atoms with Crippen LogP contribution in [0.5, 0.6) is 11.5 Å². The molecule has 1 aliphatic rings. The second kappa shape index (κ2) is 9.17. The predicted octanol–water partition coefficient (Wildman–Crippen LogP) is 4.62. The number of ketones is 1. The number of hydrogen-bond acceptors (Lipinski definition) is 7. The SMILES string of the molecule is COc1c(Cl)cc(/C(O)=C2\C(=O)C(=O)N(Cc3ccco3)C2c2ccccn2)c(OC)c1Cl. The van der Waals surface area contributed by atoms with Gasteiger partial charge in [-0.25, -0.2) is 0 Å². The monoisotopic (exact) mass is 488 g/mol. The molecule has 3 heterocycles. The number of aromatic nitrogens is 1. The minimum atomic E-state index is -0.986. The van der Waals surface area contributed by atoms with Gasteiger partial charge in [-0.15, -0.1) is 0 Å². The van der Waals surface area contributed by atoms with Crippen LogP contribution >= 0.6 is 23.2 Å². The number of likely N-dealkylation sites (tertiary alicyclic amines) is 1. The Morgan fingerprint density at radius 2 is 1.91 bits per heavy atom. The number of benzene rings is 1. The number of nitrogens with zero attached hydrogens (tertiary/aromatic N) is 2. The summed E-state index contributed by atoms with van der Waals surface area (Å²) in [5, 5.41) is 11.4. The maximum atomic E-state index is 13.1. The number of carbonyl (C=O) groups excluding carboxylic acids is 2. The second-order valence-corrected chi connectivity index (χ2v) is 7.83. The zero-order valence-corrected chi connectivity index (χ0v) is 19.1. The van der Waals surface area contributed by atoms with E-state index in [4.69, 9.17) is 37.1 Å². The molecule has 0 bridgehead atoms. The Morgan fingerprint density at radius 3 is 2.52 bits per heavy atom. The van der Waals surface area contributed by atoms with E-state index >= 15 is 0 Å². The highest BCUT2D eigenvalue weighted by Crippen LogP contribution is 2.47. The van der Waals surface area contributed by atoms with E-state index in [1.165, 1.54) is 37.6 Å². The number of hydrogen-bond donors (Lipinski definition) is 1. The molecule has 4 rings (SSSR count). The number of aliphatic hydroxyl groups excluding tert-OH is 1. The molecular formula is C23H18Cl2N2O6. The number of ether oxygens (including phenoxy) is 2. The van der Waals surface area contributed by atoms with Gasteiger partial charge in [0, 0.05) is 6.20 Å². The smallest absolute Gasteiger partial charge is 0.296 e. The van der Waals surface area contributed by atoms with Gasteiger partial charge in [0.1, 0.15) is 22.6 Å². The second-order valence-electron chi connectivity index (χ2n) is 7.05. The third kappa shape index (κ3) is 3.92. The topological polar surface area (TPSA) is 102 Å². The highest BCUT2D eigenvalue weighted by molar-refractivity contribution is 6.46. The van der Waals surface area contributed by atoms with Crippen LogP contribution in [0.1, 0.15) is 23.1 Å². The minimum Gasteiger partial charge on any atom is -0.507 e. The summed E-state index contributed by atoms with van der Waals surface area (Å²) in [7, 11) is 2.73. The Balaban J connectivity index is 1.94. The largest absolute Gasteiger partial charge is 0.507 e. The molecule has 2 aromatic heterocycles. The van der Waals surface area contributed by atoms with E-state index in [-0.39, 0.29) is 39.2 Å². The van der Waals surface area contributed by atoms with E-state index < -0.39 is 23.5 Å². The van der Waals surface area contributed by atoms with Gasteiger partial charge in [0.15, 0.2) is 11.5 Å². The first-order chi connectivity index (χ1) is 15.9. The molecule has 33 heavy (non-hydrogen) atoms. The summed E-state index contributed by atoms with van der Waals surface area (Å²) in [4.78, 5) is 31.7. The normalized spacial score (nSPS) is 17.5. The van der Waals surface area contributed by atoms with Crippen molar-refractivity contribution in [3.8, 4) is 11.5 Å². The Morgan fingerprint density at radius 1 is 1.15 bits per heavy atom. The van der Waals surface area contributed by atoms with Crippen LogP contribution in [-0.4, -0.2) is 40.9 Å². The van der Waals surface area contributed by atoms with Gasteiger partial charge in [-0.2, -0.15) is 0 Å². The van der Waals surface area contributed by atoms with Crippen molar-refractivity contribution in [1.82, 2.24) is 9.88 Å². The first-order valence-corrected chi connectivity index (χ1v) is 10.5. The summed E-state index contributed by atoms with van der Waals surface area (Å²) in [5.74, 6) is -1.56. The van der Waals surface area contributed by atoms with E-state index in [9.17, 15) is 14.7 Å². The van der Waals surface area contributed by atoms with Crippen LogP contribution in [0.4, 0.5) is 0 Å². The number of Topliss-reactive ketones (excluding diaryl/α,β-unsaturated/α-hetero) is 1. The molecule has 0 spiro atoms. The van der Waals surface area contributed by atoms with E-state index in [1.54, 1.807) is 30.3 Å². The summed E-state index contributed by atoms with van der Waals surface area (Å²) in [6, 6.07) is 8.81. The van der Waals surface area contributed by atoms with Crippen molar-refractivity contribution < 1.29 is 28.6 Å². The van der Waals surface area contributed by atoms with Crippen molar-refractivity contribution >= 4 is 40.7 Å². The van der Waals surface area contributed by atoms with Crippen LogP contribution in [0.25, 0.3) is 5.76 Å². The molecule has 0 saturated carbocycles. The molecule has 0 radical (unpaired) electrons. The van der Waals surface area contributed by atoms with Crippen LogP contribution in [0, 0.1) is 0 Å². The summed E-state index contributed by atoms with van der Waals surface area (Å²) in [5.41, 5.74) is 0.237. The van der Waals surface area contributed by atoms with Crippen LogP contribution in [-0.2, 0) is 16.1 Å². The van der Waals surface area contributed by atoms with Gasteiger partial charge in [-0.3, -0.25) is 14.6 Å². The van der Waals surface area contributed by atoms with Gasteiger partial charge >= 0.3 is 0 Å². The van der Waals surface area contributed by atoms with Crippen molar-refractivity contribution in [3.05, 3.63) is 81.5 Å². The number of pyridine rings is 1. The third-order valence-corrected chi connectivity index (χ3v) is 5.83. The average Bonchev–Trinajstić information content (AvgIpc) is 3.41. The lowest BCUT2D eigenvalue weighted by Gasteiger charge is -2.24. The summed E-state index contributed by atoms with van der Waals surface area (Å²) >= 11 is 12.6. The Labute approximate surface area is 198 Å². The van der Waals surface area contributed by atoms with Gasteiger partial charge in [-0.05, 0) is 30.3 Å². The average molecular weight is 489 g/mol. The maximum Gasteiger partial charge on any atom is 0.296 e. The fraction of sp³-hybridized carbons (Fsp3) is 0.174. The molecule has 0 aliphatic carbocycles. The molecule has 1 atom stereocenters. The van der Waals surface area contributed by atoms with Gasteiger partial charge in [0.05, 0.1) is 48.9 Å². The van der Waals surface area contributed by atoms with E-state index in [0.29, 0.717) is 11.5 Å². The van der Waals surface area contributed by atoms with Crippen LogP contribution in [0.2, 0.25) is 10.0 Å². The molecule has 1 saturated heterocycles.